The molecule has 0 aliphatic rings. The zero-order chi connectivity index (χ0) is 22.3. The lowest BCUT2D eigenvalue weighted by Crippen LogP contribution is -2.32. The van der Waals surface area contributed by atoms with Crippen LogP contribution in [0.15, 0.2) is 11.4 Å². The van der Waals surface area contributed by atoms with Gasteiger partial charge in [-0.2, -0.15) is 18.3 Å². The lowest BCUT2D eigenvalue weighted by atomic mass is 10.3. The number of thioether (sulfide) groups is 1. The van der Waals surface area contributed by atoms with Gasteiger partial charge in [0.2, 0.25) is 11.0 Å². The first-order chi connectivity index (χ1) is 14.1. The number of carbonyl (C=O) groups is 2. The number of thiazole rings is 1. The van der Waals surface area contributed by atoms with Gasteiger partial charge in [0, 0.05) is 42.7 Å². The summed E-state index contributed by atoms with van der Waals surface area (Å²) in [5.41, 5.74) is -0.313. The third-order valence-corrected chi connectivity index (χ3v) is 6.28. The van der Waals surface area contributed by atoms with Gasteiger partial charge < -0.3 is 4.90 Å². The Morgan fingerprint density at radius 2 is 2.07 bits per heavy atom. The van der Waals surface area contributed by atoms with Crippen LogP contribution in [-0.2, 0) is 23.9 Å². The van der Waals surface area contributed by atoms with E-state index in [2.05, 4.69) is 10.1 Å². The standard InChI is InChI=1S/C18H22ClF3N4O2S2/c1-12-9-14(18(20,21)22)24-26(12)10-16(27)25(2)7-3-5-15-23-13(11-30-15)17(28)29-8-4-6-19/h9,11H,3-8,10H2,1-2H3. The molecule has 0 N–H and O–H groups in total. The Hall–Kier alpha value is -1.59. The Labute approximate surface area is 185 Å². The molecule has 12 heteroatoms. The number of nitrogens with zero attached hydrogens (tertiary/aromatic N) is 4. The van der Waals surface area contributed by atoms with Gasteiger partial charge in [0.1, 0.15) is 12.2 Å². The molecule has 2 rings (SSSR count). The van der Waals surface area contributed by atoms with Gasteiger partial charge in [-0.25, -0.2) is 4.98 Å². The highest BCUT2D eigenvalue weighted by Crippen LogP contribution is 2.28. The maximum Gasteiger partial charge on any atom is 0.435 e. The van der Waals surface area contributed by atoms with Crippen molar-refractivity contribution in [3.63, 3.8) is 0 Å². The first-order valence-corrected chi connectivity index (χ1v) is 11.5. The summed E-state index contributed by atoms with van der Waals surface area (Å²) in [6, 6.07) is 0.919. The molecule has 0 unspecified atom stereocenters. The average Bonchev–Trinajstić information content (AvgIpc) is 3.29. The van der Waals surface area contributed by atoms with Crippen molar-refractivity contribution in [1.82, 2.24) is 19.7 Å². The summed E-state index contributed by atoms with van der Waals surface area (Å²) in [7, 11) is 1.59. The molecule has 1 amide bonds. The summed E-state index contributed by atoms with van der Waals surface area (Å²) in [6.45, 7) is 1.64. The molecule has 166 valence electrons. The third-order valence-electron chi connectivity index (χ3n) is 4.14. The lowest BCUT2D eigenvalue weighted by Gasteiger charge is -2.17. The number of alkyl halides is 4. The van der Waals surface area contributed by atoms with Gasteiger partial charge in [-0.3, -0.25) is 14.3 Å². The molecule has 0 saturated heterocycles. The predicted molar refractivity (Wildman–Crippen MR) is 112 cm³/mol. The first kappa shape index (κ1) is 24.7. The number of halogens is 4. The van der Waals surface area contributed by atoms with E-state index in [0.29, 0.717) is 36.7 Å². The smallest absolute Gasteiger partial charge is 0.344 e. The molecule has 0 aliphatic heterocycles. The number of aromatic nitrogens is 3. The predicted octanol–water partition coefficient (Wildman–Crippen LogP) is 4.26. The van der Waals surface area contributed by atoms with E-state index >= 15 is 0 Å². The summed E-state index contributed by atoms with van der Waals surface area (Å²) < 4.78 is 39.2. The van der Waals surface area contributed by atoms with Crippen LogP contribution < -0.4 is 0 Å². The van der Waals surface area contributed by atoms with Gasteiger partial charge in [-0.1, -0.05) is 11.8 Å². The first-order valence-electron chi connectivity index (χ1n) is 9.15. The van der Waals surface area contributed by atoms with E-state index in [-0.39, 0.29) is 23.3 Å². The fourth-order valence-corrected chi connectivity index (χ4v) is 4.38. The maximum atomic E-state index is 12.7. The van der Waals surface area contributed by atoms with Crippen LogP contribution in [0.4, 0.5) is 13.2 Å². The number of hydrogen-bond donors (Lipinski definition) is 0. The molecule has 0 aliphatic carbocycles. The van der Waals surface area contributed by atoms with Crippen LogP contribution in [0, 0.1) is 6.92 Å². The van der Waals surface area contributed by atoms with E-state index in [1.54, 1.807) is 12.4 Å². The summed E-state index contributed by atoms with van der Waals surface area (Å²) in [5.74, 6) is 0.834. The Kier molecular flexibility index (Phi) is 9.17. The van der Waals surface area contributed by atoms with Crippen molar-refractivity contribution in [1.29, 1.82) is 0 Å². The van der Waals surface area contributed by atoms with E-state index in [1.165, 1.54) is 34.9 Å². The topological polar surface area (TPSA) is 68.1 Å². The molecule has 6 nitrogen and oxygen atoms in total. The van der Waals surface area contributed by atoms with Crippen molar-refractivity contribution >= 4 is 45.7 Å². The monoisotopic (exact) mass is 482 g/mol. The average molecular weight is 483 g/mol. The normalized spacial score (nSPS) is 11.7. The summed E-state index contributed by atoms with van der Waals surface area (Å²) in [4.78, 5) is 30.1. The molecule has 2 aromatic heterocycles. The highest BCUT2D eigenvalue weighted by Gasteiger charge is 2.34. The minimum Gasteiger partial charge on any atom is -0.344 e. The second-order valence-corrected chi connectivity index (χ2v) is 8.94. The zero-order valence-electron chi connectivity index (χ0n) is 16.5. The van der Waals surface area contributed by atoms with Crippen molar-refractivity contribution < 1.29 is 22.8 Å². The van der Waals surface area contributed by atoms with Gasteiger partial charge in [0.05, 0.1) is 5.01 Å². The van der Waals surface area contributed by atoms with Crippen molar-refractivity contribution in [3.8, 4) is 0 Å². The molecule has 0 saturated carbocycles. The fourth-order valence-electron chi connectivity index (χ4n) is 2.46. The number of hydrogen-bond acceptors (Lipinski definition) is 6. The summed E-state index contributed by atoms with van der Waals surface area (Å²) in [5, 5.41) is 5.91. The van der Waals surface area contributed by atoms with Crippen LogP contribution in [0.25, 0.3) is 0 Å². The number of aryl methyl sites for hydroxylation is 2. The van der Waals surface area contributed by atoms with Crippen LogP contribution in [0.5, 0.6) is 0 Å². The maximum absolute atomic E-state index is 12.7. The van der Waals surface area contributed by atoms with E-state index in [9.17, 15) is 22.8 Å². The summed E-state index contributed by atoms with van der Waals surface area (Å²) in [6.07, 6.45) is -2.57. The molecule has 30 heavy (non-hydrogen) atoms. The van der Waals surface area contributed by atoms with Crippen LogP contribution in [0.1, 0.15) is 39.7 Å². The van der Waals surface area contributed by atoms with Gasteiger partial charge in [0.25, 0.3) is 0 Å². The number of rotatable bonds is 10. The highest BCUT2D eigenvalue weighted by molar-refractivity contribution is 8.14. The molecular weight excluding hydrogens is 461 g/mol. The van der Waals surface area contributed by atoms with E-state index in [0.717, 1.165) is 22.2 Å². The molecule has 0 fully saturated rings. The van der Waals surface area contributed by atoms with Crippen molar-refractivity contribution in [3.05, 3.63) is 33.5 Å². The Bertz CT molecular complexity index is 870. The molecule has 2 aromatic rings. The lowest BCUT2D eigenvalue weighted by molar-refractivity contribution is -0.142. The molecule has 0 radical (unpaired) electrons. The van der Waals surface area contributed by atoms with Gasteiger partial charge in [-0.15, -0.1) is 22.9 Å². The van der Waals surface area contributed by atoms with Crippen LogP contribution in [-0.4, -0.2) is 55.9 Å². The second-order valence-electron chi connectivity index (χ2n) is 6.55. The molecule has 0 spiro atoms. The Balaban J connectivity index is 1.79. The van der Waals surface area contributed by atoms with Gasteiger partial charge in [0.15, 0.2) is 5.69 Å². The minimum absolute atomic E-state index is 0.0808. The number of likely N-dealkylation sites (N-methyl/N-ethyl adjacent to an activating group) is 1. The van der Waals surface area contributed by atoms with Crippen LogP contribution in [0.3, 0.4) is 0 Å². The molecule has 0 atom stereocenters. The molecule has 0 bridgehead atoms. The quantitative estimate of drug-likeness (QED) is 0.374. The summed E-state index contributed by atoms with van der Waals surface area (Å²) >= 11 is 8.18. The zero-order valence-corrected chi connectivity index (χ0v) is 18.9. The van der Waals surface area contributed by atoms with Crippen molar-refractivity contribution in [2.75, 3.05) is 25.2 Å². The molecule has 2 heterocycles. The molecule has 0 aromatic carbocycles. The van der Waals surface area contributed by atoms with Gasteiger partial charge >= 0.3 is 6.18 Å². The number of amides is 1. The van der Waals surface area contributed by atoms with Crippen molar-refractivity contribution in [2.45, 2.75) is 38.9 Å². The van der Waals surface area contributed by atoms with E-state index in [4.69, 9.17) is 11.6 Å². The number of carbonyl (C=O) groups excluding carboxylic acids is 2. The van der Waals surface area contributed by atoms with Crippen molar-refractivity contribution in [2.24, 2.45) is 0 Å². The highest BCUT2D eigenvalue weighted by atomic mass is 35.5. The minimum atomic E-state index is -4.54. The fraction of sp³-hybridized carbons (Fsp3) is 0.556. The SMILES string of the molecule is Cc1cc(C(F)(F)F)nn1CC(=O)N(C)CCCc1nc(C(=O)SCCCCl)cs1. The molecular formula is C18H22ClF3N4O2S2. The van der Waals surface area contributed by atoms with Crippen LogP contribution in [0.2, 0.25) is 0 Å². The Morgan fingerprint density at radius 3 is 2.70 bits per heavy atom. The van der Waals surface area contributed by atoms with Crippen LogP contribution >= 0.6 is 34.7 Å². The second kappa shape index (κ2) is 11.1. The largest absolute Gasteiger partial charge is 0.435 e. The van der Waals surface area contributed by atoms with E-state index in [1.807, 2.05) is 0 Å². The van der Waals surface area contributed by atoms with Gasteiger partial charge in [-0.05, 0) is 25.8 Å². The third kappa shape index (κ3) is 7.28. The Morgan fingerprint density at radius 1 is 1.33 bits per heavy atom. The van der Waals surface area contributed by atoms with E-state index < -0.39 is 11.9 Å².